The molecule has 0 unspecified atom stereocenters. The number of rotatable bonds is 4. The quantitative estimate of drug-likeness (QED) is 0.854. The molecule has 1 fully saturated rings. The summed E-state index contributed by atoms with van der Waals surface area (Å²) in [5, 5.41) is 4.13. The summed E-state index contributed by atoms with van der Waals surface area (Å²) in [6.45, 7) is 0.811. The number of nitrogens with zero attached hydrogens (tertiary/aromatic N) is 5. The fraction of sp³-hybridized carbons (Fsp3) is 0.467. The van der Waals surface area contributed by atoms with E-state index >= 15 is 0 Å². The summed E-state index contributed by atoms with van der Waals surface area (Å²) in [7, 11) is 1.90. The Kier molecular flexibility index (Phi) is 3.94. The van der Waals surface area contributed by atoms with E-state index in [0.717, 1.165) is 37.2 Å². The maximum absolute atomic E-state index is 12.5. The molecule has 0 saturated carbocycles. The van der Waals surface area contributed by atoms with Crippen molar-refractivity contribution in [2.24, 2.45) is 7.05 Å². The average molecular weight is 285 g/mol. The minimum absolute atomic E-state index is 0.0812. The highest BCUT2D eigenvalue weighted by Gasteiger charge is 2.30. The molecule has 6 heteroatoms. The molecule has 1 amide bonds. The molecule has 0 radical (unpaired) electrons. The van der Waals surface area contributed by atoms with Crippen molar-refractivity contribution in [2.45, 2.75) is 31.7 Å². The number of carbonyl (C=O) groups excluding carboxylic acids is 1. The zero-order chi connectivity index (χ0) is 14.7. The number of aryl methyl sites for hydroxylation is 2. The minimum atomic E-state index is 0.0812. The summed E-state index contributed by atoms with van der Waals surface area (Å²) in [5.41, 5.74) is 1.97. The van der Waals surface area contributed by atoms with Gasteiger partial charge < -0.3 is 4.90 Å². The fourth-order valence-electron chi connectivity index (χ4n) is 2.88. The van der Waals surface area contributed by atoms with Crippen molar-refractivity contribution in [3.63, 3.8) is 0 Å². The summed E-state index contributed by atoms with van der Waals surface area (Å²) < 4.78 is 1.82. The maximum atomic E-state index is 12.5. The third-order valence-electron chi connectivity index (χ3n) is 4.02. The Balaban J connectivity index is 1.65. The zero-order valence-corrected chi connectivity index (χ0v) is 12.1. The Labute approximate surface area is 123 Å². The van der Waals surface area contributed by atoms with Crippen molar-refractivity contribution >= 4 is 5.91 Å². The first-order chi connectivity index (χ1) is 10.3. The Morgan fingerprint density at radius 2 is 2.29 bits per heavy atom. The Bertz CT molecular complexity index is 610. The Morgan fingerprint density at radius 1 is 1.38 bits per heavy atom. The predicted octanol–water partition coefficient (Wildman–Crippen LogP) is 1.51. The van der Waals surface area contributed by atoms with Gasteiger partial charge in [-0.2, -0.15) is 5.10 Å². The first kappa shape index (κ1) is 13.7. The minimum Gasteiger partial charge on any atom is -0.334 e. The molecule has 0 N–H and O–H groups in total. The largest absolute Gasteiger partial charge is 0.334 e. The van der Waals surface area contributed by atoms with E-state index in [4.69, 9.17) is 0 Å². The van der Waals surface area contributed by atoms with Gasteiger partial charge in [0, 0.05) is 44.3 Å². The van der Waals surface area contributed by atoms with Gasteiger partial charge in [0.2, 0.25) is 5.91 Å². The summed E-state index contributed by atoms with van der Waals surface area (Å²) in [5.74, 6) is 0.185. The van der Waals surface area contributed by atoms with E-state index in [0.29, 0.717) is 6.42 Å². The topological polar surface area (TPSA) is 63.9 Å². The fourth-order valence-corrected chi connectivity index (χ4v) is 2.88. The molecule has 1 atom stereocenters. The number of likely N-dealkylation sites (tertiary alicyclic amines) is 1. The Hall–Kier alpha value is -2.24. The molecule has 1 aliphatic rings. The zero-order valence-electron chi connectivity index (χ0n) is 12.1. The van der Waals surface area contributed by atoms with Crippen LogP contribution in [0, 0.1) is 0 Å². The lowest BCUT2D eigenvalue weighted by Crippen LogP contribution is -2.31. The molecule has 1 saturated heterocycles. The van der Waals surface area contributed by atoms with Crippen molar-refractivity contribution in [2.75, 3.05) is 6.54 Å². The van der Waals surface area contributed by atoms with Gasteiger partial charge in [-0.15, -0.1) is 0 Å². The third kappa shape index (κ3) is 2.94. The van der Waals surface area contributed by atoms with Crippen molar-refractivity contribution < 1.29 is 4.79 Å². The summed E-state index contributed by atoms with van der Waals surface area (Å²) in [4.78, 5) is 22.9. The molecule has 1 aliphatic heterocycles. The first-order valence-electron chi connectivity index (χ1n) is 7.28. The standard InChI is InChI=1S/C15H19N5O/c1-19-12(6-7-18-19)4-5-15(21)20-10-2-3-14(20)13-11-16-8-9-17-13/h6-9,11,14H,2-5,10H2,1H3/t14-/m1/s1. The molecular weight excluding hydrogens is 266 g/mol. The van der Waals surface area contributed by atoms with Crippen molar-refractivity contribution in [3.05, 3.63) is 42.2 Å². The predicted molar refractivity (Wildman–Crippen MR) is 77.2 cm³/mol. The van der Waals surface area contributed by atoms with Gasteiger partial charge >= 0.3 is 0 Å². The lowest BCUT2D eigenvalue weighted by atomic mass is 10.1. The van der Waals surface area contributed by atoms with Gasteiger partial charge in [-0.3, -0.25) is 19.4 Å². The highest BCUT2D eigenvalue weighted by atomic mass is 16.2. The van der Waals surface area contributed by atoms with E-state index in [1.165, 1.54) is 0 Å². The second kappa shape index (κ2) is 6.03. The molecule has 0 aliphatic carbocycles. The Morgan fingerprint density at radius 3 is 3.00 bits per heavy atom. The monoisotopic (exact) mass is 285 g/mol. The van der Waals surface area contributed by atoms with Crippen LogP contribution in [0.4, 0.5) is 0 Å². The molecular formula is C15H19N5O. The van der Waals surface area contributed by atoms with Crippen LogP contribution < -0.4 is 0 Å². The summed E-state index contributed by atoms with van der Waals surface area (Å²) in [6.07, 6.45) is 10.1. The van der Waals surface area contributed by atoms with Crippen LogP contribution >= 0.6 is 0 Å². The summed E-state index contributed by atoms with van der Waals surface area (Å²) >= 11 is 0. The SMILES string of the molecule is Cn1nccc1CCC(=O)N1CCC[C@@H]1c1cnccn1. The molecule has 6 nitrogen and oxygen atoms in total. The number of amides is 1. The van der Waals surface area contributed by atoms with Crippen molar-refractivity contribution in [3.8, 4) is 0 Å². The molecule has 21 heavy (non-hydrogen) atoms. The van der Waals surface area contributed by atoms with Gasteiger partial charge in [-0.05, 0) is 25.3 Å². The van der Waals surface area contributed by atoms with Gasteiger partial charge in [0.05, 0.1) is 17.9 Å². The molecule has 0 spiro atoms. The molecule has 2 aromatic rings. The van der Waals surface area contributed by atoms with E-state index in [9.17, 15) is 4.79 Å². The van der Waals surface area contributed by atoms with Crippen LogP contribution in [0.5, 0.6) is 0 Å². The van der Waals surface area contributed by atoms with E-state index in [1.807, 2.05) is 22.7 Å². The van der Waals surface area contributed by atoms with Crippen LogP contribution in [0.25, 0.3) is 0 Å². The lowest BCUT2D eigenvalue weighted by Gasteiger charge is -2.24. The van der Waals surface area contributed by atoms with Crippen molar-refractivity contribution in [1.82, 2.24) is 24.6 Å². The second-order valence-corrected chi connectivity index (χ2v) is 5.32. The van der Waals surface area contributed by atoms with Gasteiger partial charge in [0.1, 0.15) is 0 Å². The molecule has 2 aromatic heterocycles. The van der Waals surface area contributed by atoms with Crippen LogP contribution in [-0.4, -0.2) is 37.1 Å². The van der Waals surface area contributed by atoms with Crippen LogP contribution in [-0.2, 0) is 18.3 Å². The van der Waals surface area contributed by atoms with Gasteiger partial charge in [-0.25, -0.2) is 0 Å². The highest BCUT2D eigenvalue weighted by molar-refractivity contribution is 5.77. The lowest BCUT2D eigenvalue weighted by molar-refractivity contribution is -0.132. The second-order valence-electron chi connectivity index (χ2n) is 5.32. The number of hydrogen-bond donors (Lipinski definition) is 0. The molecule has 0 aromatic carbocycles. The van der Waals surface area contributed by atoms with Crippen LogP contribution in [0.3, 0.4) is 0 Å². The highest BCUT2D eigenvalue weighted by Crippen LogP contribution is 2.30. The van der Waals surface area contributed by atoms with E-state index < -0.39 is 0 Å². The number of aromatic nitrogens is 4. The van der Waals surface area contributed by atoms with Crippen molar-refractivity contribution in [1.29, 1.82) is 0 Å². The van der Waals surface area contributed by atoms with Gasteiger partial charge in [0.25, 0.3) is 0 Å². The number of carbonyl (C=O) groups is 1. The normalized spacial score (nSPS) is 18.1. The van der Waals surface area contributed by atoms with E-state index in [-0.39, 0.29) is 11.9 Å². The molecule has 3 heterocycles. The van der Waals surface area contributed by atoms with Crippen LogP contribution in [0.1, 0.15) is 36.7 Å². The third-order valence-corrected chi connectivity index (χ3v) is 4.02. The molecule has 3 rings (SSSR count). The summed E-state index contributed by atoms with van der Waals surface area (Å²) in [6, 6.07) is 2.04. The van der Waals surface area contributed by atoms with Crippen LogP contribution in [0.2, 0.25) is 0 Å². The average Bonchev–Trinajstić information content (AvgIpc) is 3.15. The van der Waals surface area contributed by atoms with E-state index in [1.54, 1.807) is 24.8 Å². The molecule has 110 valence electrons. The molecule has 0 bridgehead atoms. The maximum Gasteiger partial charge on any atom is 0.223 e. The first-order valence-corrected chi connectivity index (χ1v) is 7.28. The van der Waals surface area contributed by atoms with Crippen LogP contribution in [0.15, 0.2) is 30.9 Å². The number of hydrogen-bond acceptors (Lipinski definition) is 4. The smallest absolute Gasteiger partial charge is 0.223 e. The van der Waals surface area contributed by atoms with Gasteiger partial charge in [-0.1, -0.05) is 0 Å². The van der Waals surface area contributed by atoms with E-state index in [2.05, 4.69) is 15.1 Å². The van der Waals surface area contributed by atoms with Gasteiger partial charge in [0.15, 0.2) is 0 Å².